The highest BCUT2D eigenvalue weighted by atomic mass is 16.5. The SMILES string of the molecule is C=CCCC(=O)Nc1ccc(Oc2ncccn2)cc1C. The quantitative estimate of drug-likeness (QED) is 0.824. The third kappa shape index (κ3) is 4.42. The van der Waals surface area contributed by atoms with Crippen molar-refractivity contribution < 1.29 is 9.53 Å². The number of benzene rings is 1. The number of allylic oxidation sites excluding steroid dienone is 1. The van der Waals surface area contributed by atoms with Crippen LogP contribution in [0.15, 0.2) is 49.3 Å². The van der Waals surface area contributed by atoms with E-state index in [1.807, 2.05) is 13.0 Å². The van der Waals surface area contributed by atoms with Gasteiger partial charge < -0.3 is 10.1 Å². The largest absolute Gasteiger partial charge is 0.424 e. The molecule has 0 fully saturated rings. The van der Waals surface area contributed by atoms with Crippen molar-refractivity contribution in [3.63, 3.8) is 0 Å². The van der Waals surface area contributed by atoms with Crippen molar-refractivity contribution in [2.24, 2.45) is 0 Å². The van der Waals surface area contributed by atoms with Crippen LogP contribution >= 0.6 is 0 Å². The molecular weight excluding hydrogens is 266 g/mol. The van der Waals surface area contributed by atoms with E-state index < -0.39 is 0 Å². The van der Waals surface area contributed by atoms with E-state index in [2.05, 4.69) is 21.9 Å². The van der Waals surface area contributed by atoms with Gasteiger partial charge in [-0.1, -0.05) is 6.08 Å². The highest BCUT2D eigenvalue weighted by Gasteiger charge is 2.06. The third-order valence-corrected chi connectivity index (χ3v) is 2.80. The van der Waals surface area contributed by atoms with Gasteiger partial charge in [-0.2, -0.15) is 0 Å². The predicted molar refractivity (Wildman–Crippen MR) is 81.3 cm³/mol. The molecule has 0 radical (unpaired) electrons. The molecule has 0 spiro atoms. The van der Waals surface area contributed by atoms with Gasteiger partial charge in [0.15, 0.2) is 0 Å². The fourth-order valence-corrected chi connectivity index (χ4v) is 1.73. The van der Waals surface area contributed by atoms with Crippen LogP contribution in [0.4, 0.5) is 5.69 Å². The van der Waals surface area contributed by atoms with Crippen molar-refractivity contribution in [3.05, 3.63) is 54.9 Å². The fourth-order valence-electron chi connectivity index (χ4n) is 1.73. The maximum absolute atomic E-state index is 11.7. The summed E-state index contributed by atoms with van der Waals surface area (Å²) in [4.78, 5) is 19.7. The molecule has 0 aliphatic rings. The van der Waals surface area contributed by atoms with E-state index >= 15 is 0 Å². The minimum absolute atomic E-state index is 0.0296. The Morgan fingerprint density at radius 2 is 2.14 bits per heavy atom. The number of carbonyl (C=O) groups excluding carboxylic acids is 1. The van der Waals surface area contributed by atoms with Gasteiger partial charge in [-0.05, 0) is 43.2 Å². The summed E-state index contributed by atoms with van der Waals surface area (Å²) in [7, 11) is 0. The highest BCUT2D eigenvalue weighted by molar-refractivity contribution is 5.91. The predicted octanol–water partition coefficient (Wildman–Crippen LogP) is 3.48. The van der Waals surface area contributed by atoms with Gasteiger partial charge in [-0.25, -0.2) is 9.97 Å². The lowest BCUT2D eigenvalue weighted by atomic mass is 10.2. The molecule has 1 N–H and O–H groups in total. The van der Waals surface area contributed by atoms with Gasteiger partial charge in [-0.15, -0.1) is 6.58 Å². The maximum Gasteiger partial charge on any atom is 0.321 e. The molecule has 0 saturated heterocycles. The first kappa shape index (κ1) is 14.7. The molecule has 1 heterocycles. The lowest BCUT2D eigenvalue weighted by molar-refractivity contribution is -0.116. The summed E-state index contributed by atoms with van der Waals surface area (Å²) in [5.74, 6) is 0.598. The first-order valence-electron chi connectivity index (χ1n) is 6.65. The number of anilines is 1. The average Bonchev–Trinajstić information content (AvgIpc) is 2.49. The number of nitrogens with one attached hydrogen (secondary N) is 1. The number of hydrogen-bond donors (Lipinski definition) is 1. The van der Waals surface area contributed by atoms with Crippen molar-refractivity contribution in [2.75, 3.05) is 5.32 Å². The maximum atomic E-state index is 11.7. The Hall–Kier alpha value is -2.69. The number of nitrogens with zero attached hydrogens (tertiary/aromatic N) is 2. The summed E-state index contributed by atoms with van der Waals surface area (Å²) in [6.45, 7) is 5.50. The summed E-state index contributed by atoms with van der Waals surface area (Å²) in [5.41, 5.74) is 1.68. The summed E-state index contributed by atoms with van der Waals surface area (Å²) in [6, 6.07) is 7.42. The molecule has 1 aromatic carbocycles. The molecule has 21 heavy (non-hydrogen) atoms. The molecule has 1 amide bonds. The number of hydrogen-bond acceptors (Lipinski definition) is 4. The summed E-state index contributed by atoms with van der Waals surface area (Å²) in [5, 5.41) is 2.86. The van der Waals surface area contributed by atoms with Crippen LogP contribution in [0.2, 0.25) is 0 Å². The number of rotatable bonds is 6. The van der Waals surface area contributed by atoms with E-state index in [0.717, 1.165) is 11.3 Å². The van der Waals surface area contributed by atoms with Gasteiger partial charge in [0.05, 0.1) is 0 Å². The summed E-state index contributed by atoms with van der Waals surface area (Å²) < 4.78 is 5.54. The van der Waals surface area contributed by atoms with Crippen molar-refractivity contribution >= 4 is 11.6 Å². The van der Waals surface area contributed by atoms with Gasteiger partial charge >= 0.3 is 6.01 Å². The van der Waals surface area contributed by atoms with Crippen molar-refractivity contribution in [1.29, 1.82) is 0 Å². The second-order valence-electron chi connectivity index (χ2n) is 4.49. The molecule has 1 aromatic heterocycles. The fraction of sp³-hybridized carbons (Fsp3) is 0.188. The second-order valence-corrected chi connectivity index (χ2v) is 4.49. The number of carbonyl (C=O) groups is 1. The molecule has 108 valence electrons. The molecule has 0 bridgehead atoms. The van der Waals surface area contributed by atoms with Crippen LogP contribution in [0.5, 0.6) is 11.8 Å². The molecule has 0 atom stereocenters. The number of aryl methyl sites for hydroxylation is 1. The molecule has 0 aliphatic heterocycles. The zero-order valence-corrected chi connectivity index (χ0v) is 11.9. The number of aromatic nitrogens is 2. The summed E-state index contributed by atoms with van der Waals surface area (Å²) in [6.07, 6.45) is 6.05. The third-order valence-electron chi connectivity index (χ3n) is 2.80. The zero-order chi connectivity index (χ0) is 15.1. The van der Waals surface area contributed by atoms with E-state index in [1.54, 1.807) is 36.7 Å². The standard InChI is InChI=1S/C16H17N3O2/c1-3-4-6-15(20)19-14-8-7-13(11-12(14)2)21-16-17-9-5-10-18-16/h3,5,7-11H,1,4,6H2,2H3,(H,19,20). The Balaban J connectivity index is 2.03. The van der Waals surface area contributed by atoms with E-state index in [4.69, 9.17) is 4.74 Å². The lowest BCUT2D eigenvalue weighted by Crippen LogP contribution is -2.11. The highest BCUT2D eigenvalue weighted by Crippen LogP contribution is 2.24. The van der Waals surface area contributed by atoms with Crippen LogP contribution in [0.25, 0.3) is 0 Å². The Labute approximate surface area is 123 Å². The van der Waals surface area contributed by atoms with E-state index in [-0.39, 0.29) is 5.91 Å². The van der Waals surface area contributed by atoms with Crippen LogP contribution in [0.1, 0.15) is 18.4 Å². The minimum Gasteiger partial charge on any atom is -0.424 e. The smallest absolute Gasteiger partial charge is 0.321 e. The van der Waals surface area contributed by atoms with Gasteiger partial charge in [0.2, 0.25) is 5.91 Å². The van der Waals surface area contributed by atoms with E-state index in [9.17, 15) is 4.79 Å². The number of ether oxygens (including phenoxy) is 1. The van der Waals surface area contributed by atoms with Crippen LogP contribution in [-0.4, -0.2) is 15.9 Å². The van der Waals surface area contributed by atoms with E-state index in [1.165, 1.54) is 0 Å². The normalized spacial score (nSPS) is 9.95. The monoisotopic (exact) mass is 283 g/mol. The Morgan fingerprint density at radius 3 is 2.81 bits per heavy atom. The molecule has 2 rings (SSSR count). The van der Waals surface area contributed by atoms with Crippen LogP contribution < -0.4 is 10.1 Å². The van der Waals surface area contributed by atoms with Gasteiger partial charge in [0, 0.05) is 24.5 Å². The average molecular weight is 283 g/mol. The molecule has 2 aromatic rings. The molecular formula is C16H17N3O2. The van der Waals surface area contributed by atoms with Crippen molar-refractivity contribution in [1.82, 2.24) is 9.97 Å². The first-order valence-corrected chi connectivity index (χ1v) is 6.65. The van der Waals surface area contributed by atoms with E-state index in [0.29, 0.717) is 24.6 Å². The Bertz CT molecular complexity index is 627. The molecule has 0 unspecified atom stereocenters. The van der Waals surface area contributed by atoms with Crippen LogP contribution in [0, 0.1) is 6.92 Å². The minimum atomic E-state index is -0.0296. The molecule has 0 aliphatic carbocycles. The van der Waals surface area contributed by atoms with Crippen molar-refractivity contribution in [3.8, 4) is 11.8 Å². The topological polar surface area (TPSA) is 64.1 Å². The van der Waals surface area contributed by atoms with Crippen molar-refractivity contribution in [2.45, 2.75) is 19.8 Å². The van der Waals surface area contributed by atoms with Crippen LogP contribution in [0.3, 0.4) is 0 Å². The van der Waals surface area contributed by atoms with Gasteiger partial charge in [-0.3, -0.25) is 4.79 Å². The Morgan fingerprint density at radius 1 is 1.38 bits per heavy atom. The second kappa shape index (κ2) is 7.19. The van der Waals surface area contributed by atoms with Gasteiger partial charge in [0.25, 0.3) is 0 Å². The molecule has 5 nitrogen and oxygen atoms in total. The number of amides is 1. The lowest BCUT2D eigenvalue weighted by Gasteiger charge is -2.10. The van der Waals surface area contributed by atoms with Crippen LogP contribution in [-0.2, 0) is 4.79 Å². The molecule has 0 saturated carbocycles. The summed E-state index contributed by atoms with van der Waals surface area (Å²) >= 11 is 0. The first-order chi connectivity index (χ1) is 10.2. The molecule has 5 heteroatoms. The Kier molecular flexibility index (Phi) is 5.04. The van der Waals surface area contributed by atoms with Gasteiger partial charge in [0.1, 0.15) is 5.75 Å². The zero-order valence-electron chi connectivity index (χ0n) is 11.9.